The highest BCUT2D eigenvalue weighted by Gasteiger charge is 2.18. The topological polar surface area (TPSA) is 116 Å². The first-order valence-electron chi connectivity index (χ1n) is 7.98. The Balaban J connectivity index is 1.79. The van der Waals surface area contributed by atoms with Crippen LogP contribution in [0.5, 0.6) is 0 Å². The fourth-order valence-corrected chi connectivity index (χ4v) is 2.52. The molecule has 0 aliphatic heterocycles. The predicted molar refractivity (Wildman–Crippen MR) is 95.0 cm³/mol. The van der Waals surface area contributed by atoms with Crippen molar-refractivity contribution in [2.75, 3.05) is 12.8 Å². The van der Waals surface area contributed by atoms with Crippen LogP contribution in [0, 0.1) is 6.92 Å². The molecule has 0 spiro atoms. The zero-order valence-corrected chi connectivity index (χ0v) is 14.5. The number of anilines is 1. The Hall–Kier alpha value is -3.26. The Morgan fingerprint density at radius 2 is 2.00 bits per heavy atom. The van der Waals surface area contributed by atoms with Crippen LogP contribution < -0.4 is 11.1 Å². The van der Waals surface area contributed by atoms with Crippen LogP contribution in [0.4, 0.5) is 5.95 Å². The molecule has 3 aromatic rings. The first-order chi connectivity index (χ1) is 12.6. The van der Waals surface area contributed by atoms with Gasteiger partial charge in [-0.3, -0.25) is 9.78 Å². The number of carbonyl (C=O) groups excluding carboxylic acids is 1. The summed E-state index contributed by atoms with van der Waals surface area (Å²) in [5.74, 6) is 0.176. The van der Waals surface area contributed by atoms with Gasteiger partial charge in [0, 0.05) is 12.7 Å². The number of nitrogens with zero attached hydrogens (tertiary/aromatic N) is 3. The molecule has 3 heterocycles. The van der Waals surface area contributed by atoms with E-state index in [1.165, 1.54) is 6.26 Å². The largest absolute Gasteiger partial charge is 0.463 e. The van der Waals surface area contributed by atoms with Gasteiger partial charge >= 0.3 is 0 Å². The van der Waals surface area contributed by atoms with Crippen molar-refractivity contribution in [3.05, 3.63) is 59.2 Å². The van der Waals surface area contributed by atoms with Gasteiger partial charge < -0.3 is 20.2 Å². The highest BCUT2D eigenvalue weighted by atomic mass is 16.5. The van der Waals surface area contributed by atoms with Crippen molar-refractivity contribution < 1.29 is 13.9 Å². The van der Waals surface area contributed by atoms with Crippen molar-refractivity contribution in [3.63, 3.8) is 0 Å². The number of nitrogen functional groups attached to an aromatic ring is 1. The van der Waals surface area contributed by atoms with E-state index in [-0.39, 0.29) is 24.1 Å². The summed E-state index contributed by atoms with van der Waals surface area (Å²) in [6, 6.07) is 9.05. The molecule has 26 heavy (non-hydrogen) atoms. The maximum absolute atomic E-state index is 12.6. The monoisotopic (exact) mass is 353 g/mol. The van der Waals surface area contributed by atoms with Crippen molar-refractivity contribution in [1.29, 1.82) is 0 Å². The number of hydrogen-bond acceptors (Lipinski definition) is 7. The summed E-state index contributed by atoms with van der Waals surface area (Å²) in [6.45, 7) is 2.43. The van der Waals surface area contributed by atoms with Crippen LogP contribution >= 0.6 is 0 Å². The van der Waals surface area contributed by atoms with Crippen LogP contribution in [0.25, 0.3) is 11.5 Å². The normalized spacial score (nSPS) is 10.7. The first-order valence-corrected chi connectivity index (χ1v) is 7.98. The second-order valence-corrected chi connectivity index (χ2v) is 5.62. The summed E-state index contributed by atoms with van der Waals surface area (Å²) in [7, 11) is 1.61. The van der Waals surface area contributed by atoms with Gasteiger partial charge in [0.05, 0.1) is 30.8 Å². The average Bonchev–Trinajstić information content (AvgIpc) is 3.16. The predicted octanol–water partition coefficient (Wildman–Crippen LogP) is 2.10. The zero-order valence-electron chi connectivity index (χ0n) is 14.5. The number of nitrogens with one attached hydrogen (secondary N) is 1. The quantitative estimate of drug-likeness (QED) is 0.697. The summed E-state index contributed by atoms with van der Waals surface area (Å²) in [5, 5.41) is 2.81. The van der Waals surface area contributed by atoms with E-state index in [4.69, 9.17) is 14.9 Å². The van der Waals surface area contributed by atoms with Crippen LogP contribution in [-0.2, 0) is 17.9 Å². The number of aromatic nitrogens is 3. The maximum atomic E-state index is 12.6. The molecule has 0 bridgehead atoms. The number of amides is 1. The van der Waals surface area contributed by atoms with Crippen LogP contribution in [0.15, 0.2) is 41.0 Å². The van der Waals surface area contributed by atoms with Gasteiger partial charge in [-0.05, 0) is 31.2 Å². The van der Waals surface area contributed by atoms with E-state index in [0.717, 1.165) is 11.4 Å². The molecule has 0 fully saturated rings. The molecule has 0 aliphatic carbocycles. The van der Waals surface area contributed by atoms with Crippen LogP contribution in [0.1, 0.15) is 27.4 Å². The Morgan fingerprint density at radius 1 is 1.19 bits per heavy atom. The van der Waals surface area contributed by atoms with Crippen molar-refractivity contribution in [2.24, 2.45) is 0 Å². The Labute approximate surface area is 150 Å². The number of methoxy groups -OCH3 is 1. The summed E-state index contributed by atoms with van der Waals surface area (Å²) >= 11 is 0. The lowest BCUT2D eigenvalue weighted by atomic mass is 10.1. The minimum Gasteiger partial charge on any atom is -0.463 e. The lowest BCUT2D eigenvalue weighted by molar-refractivity contribution is 0.0944. The fraction of sp³-hybridized carbons (Fsp3) is 0.222. The number of carbonyl (C=O) groups is 1. The number of nitrogens with two attached hydrogens (primary N) is 1. The van der Waals surface area contributed by atoms with E-state index < -0.39 is 0 Å². The van der Waals surface area contributed by atoms with Crippen molar-refractivity contribution in [2.45, 2.75) is 20.1 Å². The minimum absolute atomic E-state index is 0.00682. The molecule has 0 radical (unpaired) electrons. The SMILES string of the molecule is COCc1cccc(CNC(=O)c2nc(N)nc(-c3ccco3)c2C)n1. The Morgan fingerprint density at radius 3 is 2.73 bits per heavy atom. The third-order valence-electron chi connectivity index (χ3n) is 3.72. The van der Waals surface area contributed by atoms with Gasteiger partial charge in [0.1, 0.15) is 11.4 Å². The van der Waals surface area contributed by atoms with Crippen LogP contribution in [-0.4, -0.2) is 28.0 Å². The van der Waals surface area contributed by atoms with E-state index in [1.807, 2.05) is 18.2 Å². The molecule has 3 aromatic heterocycles. The molecule has 0 aromatic carbocycles. The van der Waals surface area contributed by atoms with Crippen molar-refractivity contribution >= 4 is 11.9 Å². The van der Waals surface area contributed by atoms with Gasteiger partial charge in [0.25, 0.3) is 5.91 Å². The van der Waals surface area contributed by atoms with Crippen molar-refractivity contribution in [3.8, 4) is 11.5 Å². The number of ether oxygens (including phenoxy) is 1. The average molecular weight is 353 g/mol. The lowest BCUT2D eigenvalue weighted by Crippen LogP contribution is -2.26. The van der Waals surface area contributed by atoms with Gasteiger partial charge in [-0.15, -0.1) is 0 Å². The molecule has 3 rings (SSSR count). The van der Waals surface area contributed by atoms with Crippen LogP contribution in [0.3, 0.4) is 0 Å². The van der Waals surface area contributed by atoms with Gasteiger partial charge in [-0.2, -0.15) is 0 Å². The molecule has 0 atom stereocenters. The number of hydrogen-bond donors (Lipinski definition) is 2. The second-order valence-electron chi connectivity index (χ2n) is 5.62. The number of pyridine rings is 1. The minimum atomic E-state index is -0.358. The maximum Gasteiger partial charge on any atom is 0.270 e. The summed E-state index contributed by atoms with van der Waals surface area (Å²) < 4.78 is 10.4. The van der Waals surface area contributed by atoms with E-state index in [1.54, 1.807) is 26.2 Å². The van der Waals surface area contributed by atoms with Gasteiger partial charge in [-0.1, -0.05) is 6.07 Å². The number of rotatable bonds is 6. The molecule has 134 valence electrons. The summed E-state index contributed by atoms with van der Waals surface area (Å²) in [4.78, 5) is 25.2. The highest BCUT2D eigenvalue weighted by Crippen LogP contribution is 2.24. The molecular formula is C18H19N5O3. The van der Waals surface area contributed by atoms with E-state index >= 15 is 0 Å². The van der Waals surface area contributed by atoms with E-state index in [9.17, 15) is 4.79 Å². The van der Waals surface area contributed by atoms with E-state index in [0.29, 0.717) is 23.6 Å². The summed E-state index contributed by atoms with van der Waals surface area (Å²) in [5.41, 5.74) is 8.57. The standard InChI is InChI=1S/C18H19N5O3/c1-11-15(14-7-4-8-26-14)22-18(19)23-16(11)17(24)20-9-12-5-3-6-13(21-12)10-25-2/h3-8H,9-10H2,1-2H3,(H,20,24)(H2,19,22,23). The first kappa shape index (κ1) is 17.6. The Bertz CT molecular complexity index is 909. The van der Waals surface area contributed by atoms with Gasteiger partial charge in [0.15, 0.2) is 5.76 Å². The smallest absolute Gasteiger partial charge is 0.270 e. The highest BCUT2D eigenvalue weighted by molar-refractivity contribution is 5.95. The molecule has 3 N–H and O–H groups in total. The fourth-order valence-electron chi connectivity index (χ4n) is 2.52. The molecule has 0 unspecified atom stereocenters. The third kappa shape index (κ3) is 3.86. The van der Waals surface area contributed by atoms with E-state index in [2.05, 4.69) is 20.3 Å². The van der Waals surface area contributed by atoms with Crippen LogP contribution in [0.2, 0.25) is 0 Å². The Kier molecular flexibility index (Phi) is 5.23. The van der Waals surface area contributed by atoms with Crippen molar-refractivity contribution in [1.82, 2.24) is 20.3 Å². The zero-order chi connectivity index (χ0) is 18.5. The van der Waals surface area contributed by atoms with Gasteiger partial charge in [-0.25, -0.2) is 9.97 Å². The van der Waals surface area contributed by atoms with Gasteiger partial charge in [0.2, 0.25) is 5.95 Å². The summed E-state index contributed by atoms with van der Waals surface area (Å²) in [6.07, 6.45) is 1.53. The third-order valence-corrected chi connectivity index (χ3v) is 3.72. The molecule has 8 nitrogen and oxygen atoms in total. The molecule has 0 saturated carbocycles. The molecule has 0 saturated heterocycles. The lowest BCUT2D eigenvalue weighted by Gasteiger charge is -2.10. The second kappa shape index (κ2) is 7.75. The molecule has 8 heteroatoms. The molecule has 1 amide bonds. The molecular weight excluding hydrogens is 334 g/mol. The molecule has 0 aliphatic rings. The number of furan rings is 1.